The van der Waals surface area contributed by atoms with Crippen LogP contribution in [0, 0.1) is 0 Å². The van der Waals surface area contributed by atoms with Crippen LogP contribution in [0.5, 0.6) is 0 Å². The molecule has 2 N–H and O–H groups in total. The molecule has 2 aromatic rings. The van der Waals surface area contributed by atoms with Crippen molar-refractivity contribution in [3.8, 4) is 0 Å². The summed E-state index contributed by atoms with van der Waals surface area (Å²) in [4.78, 5) is 33.2. The minimum absolute atomic E-state index is 0.0754. The van der Waals surface area contributed by atoms with Crippen LogP contribution in [-0.4, -0.2) is 56.6 Å². The third kappa shape index (κ3) is 2.05. The molecule has 3 rings (SSSR count). The lowest BCUT2D eigenvalue weighted by Crippen LogP contribution is -2.48. The van der Waals surface area contributed by atoms with E-state index in [0.29, 0.717) is 31.4 Å². The number of imidazole rings is 1. The van der Waals surface area contributed by atoms with E-state index in [1.165, 1.54) is 11.6 Å². The molecule has 1 fully saturated rings. The standard InChI is InChI=1S/C12H17N5O4/c1-15-9-8(10(19)16(2)12(15)20)13-11(14-9)17-3-4-21-6-7(17)5-18/h7,18H,3-6H2,1-2H3,(H,13,14). The number of hydrogen-bond acceptors (Lipinski definition) is 6. The molecule has 21 heavy (non-hydrogen) atoms. The number of aromatic nitrogens is 4. The van der Waals surface area contributed by atoms with Crippen molar-refractivity contribution < 1.29 is 9.84 Å². The van der Waals surface area contributed by atoms with Gasteiger partial charge in [-0.1, -0.05) is 0 Å². The minimum Gasteiger partial charge on any atom is -0.394 e. The third-order valence-corrected chi connectivity index (χ3v) is 3.79. The van der Waals surface area contributed by atoms with Crippen LogP contribution in [0.25, 0.3) is 11.2 Å². The van der Waals surface area contributed by atoms with Gasteiger partial charge >= 0.3 is 5.69 Å². The highest BCUT2D eigenvalue weighted by Crippen LogP contribution is 2.18. The second-order valence-electron chi connectivity index (χ2n) is 5.07. The van der Waals surface area contributed by atoms with E-state index < -0.39 is 11.2 Å². The SMILES string of the molecule is Cn1c(=O)c2[nH]c(N3CCOCC3CO)nc2n(C)c1=O. The Hall–Kier alpha value is -2.13. The van der Waals surface area contributed by atoms with Crippen molar-refractivity contribution in [3.05, 3.63) is 20.8 Å². The number of fused-ring (bicyclic) bond motifs is 1. The normalized spacial score (nSPS) is 19.4. The van der Waals surface area contributed by atoms with Crippen LogP contribution in [0.4, 0.5) is 5.95 Å². The van der Waals surface area contributed by atoms with Gasteiger partial charge in [-0.3, -0.25) is 13.9 Å². The molecule has 0 radical (unpaired) electrons. The fourth-order valence-corrected chi connectivity index (χ4v) is 2.53. The average molecular weight is 295 g/mol. The Kier molecular flexibility index (Phi) is 3.30. The Morgan fingerprint density at radius 1 is 1.38 bits per heavy atom. The van der Waals surface area contributed by atoms with Gasteiger partial charge in [0.15, 0.2) is 11.2 Å². The summed E-state index contributed by atoms with van der Waals surface area (Å²) < 4.78 is 7.68. The predicted octanol–water partition coefficient (Wildman–Crippen LogP) is -1.84. The first kappa shape index (κ1) is 13.8. The summed E-state index contributed by atoms with van der Waals surface area (Å²) in [6.45, 7) is 1.39. The zero-order valence-corrected chi connectivity index (χ0v) is 11.9. The number of hydrogen-bond donors (Lipinski definition) is 2. The van der Waals surface area contributed by atoms with Crippen molar-refractivity contribution in [2.75, 3.05) is 31.3 Å². The van der Waals surface area contributed by atoms with Crippen LogP contribution in [0.3, 0.4) is 0 Å². The van der Waals surface area contributed by atoms with Crippen molar-refractivity contribution in [2.45, 2.75) is 6.04 Å². The number of aryl methyl sites for hydroxylation is 1. The van der Waals surface area contributed by atoms with E-state index in [4.69, 9.17) is 4.74 Å². The number of ether oxygens (including phenoxy) is 1. The molecule has 0 amide bonds. The lowest BCUT2D eigenvalue weighted by atomic mass is 10.2. The van der Waals surface area contributed by atoms with E-state index in [2.05, 4.69) is 9.97 Å². The third-order valence-electron chi connectivity index (χ3n) is 3.79. The molecule has 0 spiro atoms. The quantitative estimate of drug-likeness (QED) is 0.674. The van der Waals surface area contributed by atoms with E-state index in [1.54, 1.807) is 7.05 Å². The van der Waals surface area contributed by atoms with Crippen LogP contribution in [0.1, 0.15) is 0 Å². The van der Waals surface area contributed by atoms with Crippen LogP contribution < -0.4 is 16.1 Å². The van der Waals surface area contributed by atoms with Gasteiger partial charge < -0.3 is 19.7 Å². The number of morpholine rings is 1. The number of aromatic amines is 1. The summed E-state index contributed by atoms with van der Waals surface area (Å²) in [6.07, 6.45) is 0. The number of aliphatic hydroxyl groups excluding tert-OH is 1. The zero-order chi connectivity index (χ0) is 15.1. The van der Waals surface area contributed by atoms with Crippen LogP contribution in [0.15, 0.2) is 9.59 Å². The van der Waals surface area contributed by atoms with Crippen molar-refractivity contribution >= 4 is 17.1 Å². The number of anilines is 1. The van der Waals surface area contributed by atoms with Gasteiger partial charge in [-0.05, 0) is 0 Å². The Morgan fingerprint density at radius 2 is 2.14 bits per heavy atom. The second-order valence-corrected chi connectivity index (χ2v) is 5.07. The smallest absolute Gasteiger partial charge is 0.332 e. The van der Waals surface area contributed by atoms with Gasteiger partial charge in [0.1, 0.15) is 0 Å². The van der Waals surface area contributed by atoms with Gasteiger partial charge in [-0.15, -0.1) is 0 Å². The average Bonchev–Trinajstić information content (AvgIpc) is 2.96. The van der Waals surface area contributed by atoms with E-state index >= 15 is 0 Å². The van der Waals surface area contributed by atoms with Gasteiger partial charge in [0.2, 0.25) is 5.95 Å². The van der Waals surface area contributed by atoms with Gasteiger partial charge in [0, 0.05) is 20.6 Å². The molecule has 1 aliphatic heterocycles. The van der Waals surface area contributed by atoms with Crippen molar-refractivity contribution in [1.82, 2.24) is 19.1 Å². The van der Waals surface area contributed by atoms with E-state index in [1.807, 2.05) is 4.90 Å². The molecule has 1 aliphatic rings. The summed E-state index contributed by atoms with van der Waals surface area (Å²) in [5.74, 6) is 0.464. The van der Waals surface area contributed by atoms with Crippen LogP contribution in [-0.2, 0) is 18.8 Å². The first-order chi connectivity index (χ1) is 10.0. The lowest BCUT2D eigenvalue weighted by Gasteiger charge is -2.34. The molecule has 114 valence electrons. The molecule has 3 heterocycles. The number of nitrogens with zero attached hydrogens (tertiary/aromatic N) is 4. The Balaban J connectivity index is 2.17. The monoisotopic (exact) mass is 295 g/mol. The summed E-state index contributed by atoms with van der Waals surface area (Å²) in [7, 11) is 2.99. The lowest BCUT2D eigenvalue weighted by molar-refractivity contribution is 0.0719. The van der Waals surface area contributed by atoms with Crippen LogP contribution >= 0.6 is 0 Å². The summed E-state index contributed by atoms with van der Waals surface area (Å²) in [5, 5.41) is 9.41. The maximum atomic E-state index is 12.1. The molecule has 1 unspecified atom stereocenters. The van der Waals surface area contributed by atoms with Gasteiger partial charge in [0.05, 0.1) is 25.9 Å². The number of H-pyrrole nitrogens is 1. The molecule has 9 nitrogen and oxygen atoms in total. The zero-order valence-electron chi connectivity index (χ0n) is 11.9. The highest BCUT2D eigenvalue weighted by atomic mass is 16.5. The van der Waals surface area contributed by atoms with Gasteiger partial charge in [-0.25, -0.2) is 4.79 Å². The Bertz CT molecular complexity index is 789. The number of aliphatic hydroxyl groups is 1. The molecule has 1 saturated heterocycles. The molecule has 2 aromatic heterocycles. The number of rotatable bonds is 2. The van der Waals surface area contributed by atoms with E-state index in [0.717, 1.165) is 4.57 Å². The summed E-state index contributed by atoms with van der Waals surface area (Å²) >= 11 is 0. The van der Waals surface area contributed by atoms with Crippen LogP contribution in [0.2, 0.25) is 0 Å². The summed E-state index contributed by atoms with van der Waals surface area (Å²) in [6, 6.07) is -0.222. The van der Waals surface area contributed by atoms with Gasteiger partial charge in [0.25, 0.3) is 5.56 Å². The fraction of sp³-hybridized carbons (Fsp3) is 0.583. The van der Waals surface area contributed by atoms with E-state index in [-0.39, 0.29) is 18.2 Å². The molecule has 9 heteroatoms. The molecular formula is C12H17N5O4. The van der Waals surface area contributed by atoms with Crippen molar-refractivity contribution in [3.63, 3.8) is 0 Å². The van der Waals surface area contributed by atoms with Crippen molar-refractivity contribution in [2.24, 2.45) is 14.1 Å². The highest BCUT2D eigenvalue weighted by Gasteiger charge is 2.26. The minimum atomic E-state index is -0.425. The van der Waals surface area contributed by atoms with E-state index in [9.17, 15) is 14.7 Å². The maximum Gasteiger partial charge on any atom is 0.332 e. The fourth-order valence-electron chi connectivity index (χ4n) is 2.53. The molecule has 0 saturated carbocycles. The number of nitrogens with one attached hydrogen (secondary N) is 1. The predicted molar refractivity (Wildman–Crippen MR) is 75.6 cm³/mol. The molecule has 0 aliphatic carbocycles. The first-order valence-electron chi connectivity index (χ1n) is 6.65. The maximum absolute atomic E-state index is 12.1. The first-order valence-corrected chi connectivity index (χ1v) is 6.65. The highest BCUT2D eigenvalue weighted by molar-refractivity contribution is 5.73. The Morgan fingerprint density at radius 3 is 2.86 bits per heavy atom. The largest absolute Gasteiger partial charge is 0.394 e. The molecular weight excluding hydrogens is 278 g/mol. The Labute approximate surface area is 119 Å². The van der Waals surface area contributed by atoms with Crippen molar-refractivity contribution in [1.29, 1.82) is 0 Å². The van der Waals surface area contributed by atoms with Gasteiger partial charge in [-0.2, -0.15) is 4.98 Å². The molecule has 0 aromatic carbocycles. The topological polar surface area (TPSA) is 105 Å². The molecule has 1 atom stereocenters. The second kappa shape index (κ2) is 5.01. The summed E-state index contributed by atoms with van der Waals surface area (Å²) in [5.41, 5.74) is -0.258. The molecule has 0 bridgehead atoms.